The molecule has 0 atom stereocenters. The predicted molar refractivity (Wildman–Crippen MR) is 127 cm³/mol. The van der Waals surface area contributed by atoms with Gasteiger partial charge in [0.25, 0.3) is 0 Å². The maximum atomic E-state index is 6.35. The first-order valence-corrected chi connectivity index (χ1v) is 10.9. The number of hydrogen-bond acceptors (Lipinski definition) is 2. The predicted octanol–water partition coefficient (Wildman–Crippen LogP) is 6.66. The third kappa shape index (κ3) is 3.21. The van der Waals surface area contributed by atoms with Gasteiger partial charge in [0.15, 0.2) is 0 Å². The smallest absolute Gasteiger partial charge is 0.138 e. The molecule has 0 fully saturated rings. The highest BCUT2D eigenvalue weighted by Crippen LogP contribution is 2.42. The molecule has 3 aromatic carbocycles. The molecule has 31 heavy (non-hydrogen) atoms. The van der Waals surface area contributed by atoms with E-state index < -0.39 is 5.54 Å². The van der Waals surface area contributed by atoms with Crippen LogP contribution in [-0.2, 0) is 11.4 Å². The number of pyridine rings is 1. The van der Waals surface area contributed by atoms with Crippen molar-refractivity contribution in [2.45, 2.75) is 11.4 Å². The third-order valence-corrected chi connectivity index (χ3v) is 6.09. The van der Waals surface area contributed by atoms with Crippen LogP contribution in [0.2, 0.25) is 5.15 Å². The molecule has 0 radical (unpaired) electrons. The third-order valence-electron chi connectivity index (χ3n) is 5.63. The van der Waals surface area contributed by atoms with Crippen LogP contribution in [0.5, 0.6) is 0 Å². The second-order valence-electron chi connectivity index (χ2n) is 7.32. The van der Waals surface area contributed by atoms with Crippen LogP contribution in [0.15, 0.2) is 103 Å². The van der Waals surface area contributed by atoms with Crippen molar-refractivity contribution in [2.75, 3.05) is 0 Å². The molecule has 0 aliphatic heterocycles. The number of alkyl halides is 1. The molecule has 0 amide bonds. The van der Waals surface area contributed by atoms with Gasteiger partial charge in [-0.25, -0.2) is 9.67 Å². The van der Waals surface area contributed by atoms with Crippen molar-refractivity contribution in [3.8, 4) is 0 Å². The molecular weight excluding hydrogens is 425 g/mol. The van der Waals surface area contributed by atoms with Crippen molar-refractivity contribution in [1.29, 1.82) is 0 Å². The van der Waals surface area contributed by atoms with Gasteiger partial charge in [-0.05, 0) is 16.7 Å². The average molecular weight is 444 g/mol. The molecule has 0 aliphatic rings. The summed E-state index contributed by atoms with van der Waals surface area (Å²) in [7, 11) is 0. The first-order valence-electron chi connectivity index (χ1n) is 10.0. The zero-order valence-corrected chi connectivity index (χ0v) is 18.1. The van der Waals surface area contributed by atoms with Gasteiger partial charge in [0.05, 0.1) is 17.1 Å². The summed E-state index contributed by atoms with van der Waals surface area (Å²) < 4.78 is 2.05. The monoisotopic (exact) mass is 443 g/mol. The van der Waals surface area contributed by atoms with Crippen LogP contribution in [0, 0.1) is 0 Å². The van der Waals surface area contributed by atoms with E-state index in [4.69, 9.17) is 28.3 Å². The van der Waals surface area contributed by atoms with Gasteiger partial charge >= 0.3 is 0 Å². The van der Waals surface area contributed by atoms with Gasteiger partial charge < -0.3 is 0 Å². The van der Waals surface area contributed by atoms with Crippen molar-refractivity contribution in [1.82, 2.24) is 14.8 Å². The Kier molecular flexibility index (Phi) is 5.23. The van der Waals surface area contributed by atoms with Crippen LogP contribution in [0.25, 0.3) is 10.9 Å². The lowest BCUT2D eigenvalue weighted by Gasteiger charge is -2.37. The molecule has 0 saturated heterocycles. The normalized spacial score (nSPS) is 11.7. The van der Waals surface area contributed by atoms with E-state index >= 15 is 0 Å². The van der Waals surface area contributed by atoms with E-state index in [2.05, 4.69) is 77.8 Å². The first kappa shape index (κ1) is 19.8. The molecule has 5 rings (SSSR count). The van der Waals surface area contributed by atoms with E-state index in [1.807, 2.05) is 28.9 Å². The van der Waals surface area contributed by atoms with Gasteiger partial charge in [-0.2, -0.15) is 5.10 Å². The van der Waals surface area contributed by atoms with E-state index in [1.54, 1.807) is 6.20 Å². The molecule has 0 spiro atoms. The largest absolute Gasteiger partial charge is 0.245 e. The molecule has 2 aromatic heterocycles. The Morgan fingerprint density at radius 1 is 0.742 bits per heavy atom. The Labute approximate surface area is 190 Å². The molecule has 0 aliphatic carbocycles. The number of benzene rings is 3. The van der Waals surface area contributed by atoms with Crippen molar-refractivity contribution < 1.29 is 0 Å². The highest BCUT2D eigenvalue weighted by molar-refractivity contribution is 6.30. The molecule has 0 saturated carbocycles. The average Bonchev–Trinajstić information content (AvgIpc) is 3.20. The summed E-state index contributed by atoms with van der Waals surface area (Å²) in [5, 5.41) is 6.35. The fraction of sp³-hybridized carbons (Fsp3) is 0.0769. The summed E-state index contributed by atoms with van der Waals surface area (Å²) in [5.74, 6) is 0.279. The minimum Gasteiger partial charge on any atom is -0.245 e. The Bertz CT molecular complexity index is 1220. The van der Waals surface area contributed by atoms with Gasteiger partial charge in [0.1, 0.15) is 10.7 Å². The lowest BCUT2D eigenvalue weighted by Crippen LogP contribution is -2.38. The molecule has 0 N–H and O–H groups in total. The highest BCUT2D eigenvalue weighted by atomic mass is 35.5. The molecule has 152 valence electrons. The lowest BCUT2D eigenvalue weighted by molar-refractivity contribution is 0.473. The van der Waals surface area contributed by atoms with Gasteiger partial charge in [-0.15, -0.1) is 11.6 Å². The lowest BCUT2D eigenvalue weighted by atomic mass is 9.77. The van der Waals surface area contributed by atoms with Gasteiger partial charge in [0, 0.05) is 17.6 Å². The Morgan fingerprint density at radius 3 is 1.68 bits per heavy atom. The van der Waals surface area contributed by atoms with Crippen LogP contribution >= 0.6 is 23.2 Å². The molecule has 0 bridgehead atoms. The van der Waals surface area contributed by atoms with Gasteiger partial charge in [-0.1, -0.05) is 103 Å². The summed E-state index contributed by atoms with van der Waals surface area (Å²) in [6.07, 6.45) is 1.75. The summed E-state index contributed by atoms with van der Waals surface area (Å²) in [4.78, 5) is 4.28. The fourth-order valence-corrected chi connectivity index (χ4v) is 4.66. The van der Waals surface area contributed by atoms with Crippen LogP contribution < -0.4 is 0 Å². The zero-order valence-electron chi connectivity index (χ0n) is 16.6. The number of rotatable bonds is 5. The van der Waals surface area contributed by atoms with Crippen LogP contribution in [0.1, 0.15) is 22.4 Å². The van der Waals surface area contributed by atoms with Crippen LogP contribution in [0.4, 0.5) is 0 Å². The zero-order chi connectivity index (χ0) is 21.3. The summed E-state index contributed by atoms with van der Waals surface area (Å²) in [6.45, 7) is 0. The molecule has 3 nitrogen and oxygen atoms in total. The SMILES string of the molecule is ClCc1nn(C(c2ccccc2)(c2ccccc2)c2ccccc2)c2cc(Cl)ncc12. The molecule has 0 unspecified atom stereocenters. The van der Waals surface area contributed by atoms with Crippen molar-refractivity contribution >= 4 is 34.1 Å². The number of nitrogens with zero attached hydrogens (tertiary/aromatic N) is 3. The highest BCUT2D eigenvalue weighted by Gasteiger charge is 2.40. The molecule has 5 heteroatoms. The Morgan fingerprint density at radius 2 is 1.23 bits per heavy atom. The van der Waals surface area contributed by atoms with E-state index in [0.29, 0.717) is 5.15 Å². The molecule has 5 aromatic rings. The van der Waals surface area contributed by atoms with Crippen LogP contribution in [0.3, 0.4) is 0 Å². The standard InChI is InChI=1S/C26H19Cl2N3/c27-17-23-22-18-29-25(28)16-24(22)31(30-23)26(19-10-4-1-5-11-19,20-12-6-2-7-13-20)21-14-8-3-9-15-21/h1-16,18H,17H2. The van der Waals surface area contributed by atoms with Gasteiger partial charge in [0.2, 0.25) is 0 Å². The number of halogens is 2. The number of fused-ring (bicyclic) bond motifs is 1. The van der Waals surface area contributed by atoms with E-state index in [-0.39, 0.29) is 5.88 Å². The van der Waals surface area contributed by atoms with Crippen molar-refractivity contribution in [3.63, 3.8) is 0 Å². The Hall–Kier alpha value is -3.14. The van der Waals surface area contributed by atoms with E-state index in [9.17, 15) is 0 Å². The van der Waals surface area contributed by atoms with E-state index in [0.717, 1.165) is 33.3 Å². The maximum absolute atomic E-state index is 6.35. The molecular formula is C26H19Cl2N3. The van der Waals surface area contributed by atoms with Crippen LogP contribution in [-0.4, -0.2) is 14.8 Å². The topological polar surface area (TPSA) is 30.7 Å². The maximum Gasteiger partial charge on any atom is 0.138 e. The second kappa shape index (κ2) is 8.18. The van der Waals surface area contributed by atoms with Crippen molar-refractivity contribution in [2.24, 2.45) is 0 Å². The second-order valence-corrected chi connectivity index (χ2v) is 7.98. The minimum absolute atomic E-state index is 0.279. The quantitative estimate of drug-likeness (QED) is 0.172. The summed E-state index contributed by atoms with van der Waals surface area (Å²) >= 11 is 12.7. The number of hydrogen-bond donors (Lipinski definition) is 0. The first-order chi connectivity index (χ1) is 15.2. The van der Waals surface area contributed by atoms with Crippen molar-refractivity contribution in [3.05, 3.63) is 131 Å². The Balaban J connectivity index is 1.99. The minimum atomic E-state index is -0.725. The van der Waals surface area contributed by atoms with Gasteiger partial charge in [-0.3, -0.25) is 0 Å². The number of aromatic nitrogens is 3. The summed E-state index contributed by atoms with van der Waals surface area (Å²) in [5.41, 5.74) is 4.19. The summed E-state index contributed by atoms with van der Waals surface area (Å²) in [6, 6.07) is 33.1. The fourth-order valence-electron chi connectivity index (χ4n) is 4.31. The molecule has 2 heterocycles. The van der Waals surface area contributed by atoms with E-state index in [1.165, 1.54) is 0 Å².